The van der Waals surface area contributed by atoms with Crippen molar-refractivity contribution >= 4 is 11.2 Å². The number of aryl methyl sites for hydroxylation is 1. The van der Waals surface area contributed by atoms with E-state index in [1.807, 2.05) is 0 Å². The molecule has 1 aromatic carbocycles. The number of halogens is 9. The van der Waals surface area contributed by atoms with E-state index in [1.54, 1.807) is 0 Å². The van der Waals surface area contributed by atoms with Crippen molar-refractivity contribution in [2.45, 2.75) is 30.1 Å². The fourth-order valence-electron chi connectivity index (χ4n) is 2.01. The Bertz CT molecular complexity index is 829. The molecule has 1 heterocycles. The van der Waals surface area contributed by atoms with Crippen molar-refractivity contribution in [1.29, 1.82) is 0 Å². The molecule has 0 saturated heterocycles. The van der Waals surface area contributed by atoms with Crippen LogP contribution < -0.4 is 0 Å². The molecule has 0 spiro atoms. The van der Waals surface area contributed by atoms with Crippen LogP contribution in [0.15, 0.2) is 27.6 Å². The van der Waals surface area contributed by atoms with Crippen molar-refractivity contribution in [2.75, 3.05) is 5.75 Å². The topological polar surface area (TPSA) is 49.1 Å². The van der Waals surface area contributed by atoms with Crippen LogP contribution in [0.25, 0.3) is 11.3 Å². The molecule has 0 saturated carbocycles. The third kappa shape index (κ3) is 4.51. The first-order valence-corrected chi connectivity index (χ1v) is 8.13. The Hall–Kier alpha value is -1.89. The molecule has 3 nitrogen and oxygen atoms in total. The molecule has 0 aliphatic carbocycles. The molecule has 150 valence electrons. The highest BCUT2D eigenvalue weighted by Gasteiger charge is 2.61. The molecule has 0 aliphatic heterocycles. The molecule has 2 aromatic rings. The van der Waals surface area contributed by atoms with Crippen LogP contribution in [0.2, 0.25) is 0 Å². The van der Waals surface area contributed by atoms with Crippen molar-refractivity contribution in [3.63, 3.8) is 0 Å². The SMILES string of the molecule is Cc1cc(F)c(-c2cc(C(F)(F)C(F)(F)F)on2)cc1[S+]([O-])CC(F)(F)F. The van der Waals surface area contributed by atoms with E-state index in [0.29, 0.717) is 12.1 Å². The lowest BCUT2D eigenvalue weighted by Crippen LogP contribution is -2.33. The van der Waals surface area contributed by atoms with E-state index in [9.17, 15) is 44.1 Å². The molecular weight excluding hydrogens is 417 g/mol. The average Bonchev–Trinajstić information content (AvgIpc) is 2.94. The first-order chi connectivity index (χ1) is 12.1. The molecule has 1 unspecified atom stereocenters. The van der Waals surface area contributed by atoms with Crippen LogP contribution >= 0.6 is 0 Å². The van der Waals surface area contributed by atoms with Gasteiger partial charge in [-0.1, -0.05) is 5.16 Å². The highest BCUT2D eigenvalue weighted by atomic mass is 32.2. The van der Waals surface area contributed by atoms with Gasteiger partial charge in [-0.2, -0.15) is 35.1 Å². The molecule has 2 rings (SSSR count). The Morgan fingerprint density at radius 3 is 2.15 bits per heavy atom. The minimum Gasteiger partial charge on any atom is -0.611 e. The fourth-order valence-corrected chi connectivity index (χ4v) is 3.13. The lowest BCUT2D eigenvalue weighted by molar-refractivity contribution is -0.296. The van der Waals surface area contributed by atoms with Gasteiger partial charge in [-0.15, -0.1) is 0 Å². The Kier molecular flexibility index (Phi) is 5.49. The van der Waals surface area contributed by atoms with E-state index in [4.69, 9.17) is 0 Å². The van der Waals surface area contributed by atoms with Crippen molar-refractivity contribution in [2.24, 2.45) is 0 Å². The van der Waals surface area contributed by atoms with Gasteiger partial charge in [0, 0.05) is 23.3 Å². The highest BCUT2D eigenvalue weighted by molar-refractivity contribution is 7.91. The van der Waals surface area contributed by atoms with Gasteiger partial charge in [-0.3, -0.25) is 0 Å². The Labute approximate surface area is 148 Å². The van der Waals surface area contributed by atoms with Gasteiger partial charge in [0.25, 0.3) is 0 Å². The smallest absolute Gasteiger partial charge is 0.461 e. The van der Waals surface area contributed by atoms with Crippen molar-refractivity contribution in [1.82, 2.24) is 5.16 Å². The summed E-state index contributed by atoms with van der Waals surface area (Å²) in [6.45, 7) is 1.16. The predicted molar refractivity (Wildman–Crippen MR) is 73.9 cm³/mol. The van der Waals surface area contributed by atoms with E-state index in [0.717, 1.165) is 6.92 Å². The summed E-state index contributed by atoms with van der Waals surface area (Å²) >= 11 is -2.66. The predicted octanol–water partition coefficient (Wildman–Crippen LogP) is 5.11. The fraction of sp³-hybridized carbons (Fsp3) is 0.357. The summed E-state index contributed by atoms with van der Waals surface area (Å²) in [6, 6.07) is 1.41. The highest BCUT2D eigenvalue weighted by Crippen LogP contribution is 2.45. The molecule has 27 heavy (non-hydrogen) atoms. The molecule has 1 aromatic heterocycles. The molecule has 0 aliphatic rings. The molecule has 1 atom stereocenters. The molecule has 0 bridgehead atoms. The van der Waals surface area contributed by atoms with Crippen LogP contribution in [0.1, 0.15) is 11.3 Å². The number of hydrogen-bond acceptors (Lipinski definition) is 3. The molecular formula is C14H8F9NO2S. The Balaban J connectivity index is 2.47. The van der Waals surface area contributed by atoms with Crippen molar-refractivity contribution < 1.29 is 48.6 Å². The van der Waals surface area contributed by atoms with Crippen molar-refractivity contribution in [3.05, 3.63) is 35.3 Å². The van der Waals surface area contributed by atoms with E-state index in [-0.39, 0.29) is 11.6 Å². The first-order valence-electron chi connectivity index (χ1n) is 6.81. The third-order valence-electron chi connectivity index (χ3n) is 3.26. The van der Waals surface area contributed by atoms with Gasteiger partial charge in [-0.05, 0) is 24.2 Å². The molecule has 0 amide bonds. The second-order valence-electron chi connectivity index (χ2n) is 5.35. The van der Waals surface area contributed by atoms with Crippen LogP contribution in [0.3, 0.4) is 0 Å². The summed E-state index contributed by atoms with van der Waals surface area (Å²) in [5.74, 6) is -10.3. The minimum absolute atomic E-state index is 0.109. The van der Waals surface area contributed by atoms with Crippen LogP contribution in [-0.4, -0.2) is 27.8 Å². The third-order valence-corrected chi connectivity index (χ3v) is 4.78. The molecule has 0 fully saturated rings. The van der Waals surface area contributed by atoms with Crippen LogP contribution in [0, 0.1) is 12.7 Å². The van der Waals surface area contributed by atoms with Crippen LogP contribution in [0.4, 0.5) is 39.5 Å². The van der Waals surface area contributed by atoms with Gasteiger partial charge in [0.15, 0.2) is 4.90 Å². The van der Waals surface area contributed by atoms with E-state index < -0.39 is 62.9 Å². The van der Waals surface area contributed by atoms with Crippen LogP contribution in [-0.2, 0) is 17.1 Å². The molecule has 0 N–H and O–H groups in total. The standard InChI is InChI=1S/C14H8F9NO2S/c1-6-2-8(15)7(3-10(6)27(25)5-12(16,17)18)9-4-11(26-24-9)13(19,20)14(21,22)23/h2-4H,5H2,1H3. The van der Waals surface area contributed by atoms with E-state index in [2.05, 4.69) is 9.68 Å². The van der Waals surface area contributed by atoms with Gasteiger partial charge in [0.1, 0.15) is 11.5 Å². The second-order valence-corrected chi connectivity index (χ2v) is 6.77. The normalized spacial score (nSPS) is 14.5. The summed E-state index contributed by atoms with van der Waals surface area (Å²) in [5, 5.41) is 2.92. The van der Waals surface area contributed by atoms with Gasteiger partial charge >= 0.3 is 18.3 Å². The maximum absolute atomic E-state index is 14.0. The lowest BCUT2D eigenvalue weighted by Gasteiger charge is -2.16. The number of rotatable bonds is 4. The largest absolute Gasteiger partial charge is 0.611 e. The van der Waals surface area contributed by atoms with Crippen LogP contribution in [0.5, 0.6) is 0 Å². The number of nitrogens with zero attached hydrogens (tertiary/aromatic N) is 1. The van der Waals surface area contributed by atoms with E-state index in [1.165, 1.54) is 0 Å². The maximum atomic E-state index is 14.0. The summed E-state index contributed by atoms with van der Waals surface area (Å²) < 4.78 is 130. The summed E-state index contributed by atoms with van der Waals surface area (Å²) in [7, 11) is 0. The number of alkyl halides is 8. The van der Waals surface area contributed by atoms with Gasteiger partial charge < -0.3 is 9.08 Å². The van der Waals surface area contributed by atoms with Gasteiger partial charge in [0.2, 0.25) is 11.5 Å². The van der Waals surface area contributed by atoms with Gasteiger partial charge in [0.05, 0.1) is 0 Å². The zero-order valence-corrected chi connectivity index (χ0v) is 13.8. The van der Waals surface area contributed by atoms with Gasteiger partial charge in [-0.25, -0.2) is 4.39 Å². The number of benzene rings is 1. The zero-order valence-electron chi connectivity index (χ0n) is 13.0. The van der Waals surface area contributed by atoms with E-state index >= 15 is 0 Å². The Morgan fingerprint density at radius 2 is 1.63 bits per heavy atom. The molecule has 13 heteroatoms. The number of aromatic nitrogens is 1. The van der Waals surface area contributed by atoms with Crippen molar-refractivity contribution in [3.8, 4) is 11.3 Å². The summed E-state index contributed by atoms with van der Waals surface area (Å²) in [5.41, 5.74) is -1.70. The molecule has 0 radical (unpaired) electrons. The average molecular weight is 425 g/mol. The lowest BCUT2D eigenvalue weighted by atomic mass is 10.1. The first kappa shape index (κ1) is 21.4. The Morgan fingerprint density at radius 1 is 1.04 bits per heavy atom. The monoisotopic (exact) mass is 425 g/mol. The number of hydrogen-bond donors (Lipinski definition) is 0. The maximum Gasteiger partial charge on any atom is 0.461 e. The summed E-state index contributed by atoms with van der Waals surface area (Å²) in [4.78, 5) is -0.476. The zero-order chi connectivity index (χ0) is 20.8. The second kappa shape index (κ2) is 6.93. The minimum atomic E-state index is -6.00. The quantitative estimate of drug-likeness (QED) is 0.505. The summed E-state index contributed by atoms with van der Waals surface area (Å²) in [6.07, 6.45) is -10.8.